The predicted molar refractivity (Wildman–Crippen MR) is 90.3 cm³/mol. The van der Waals surface area contributed by atoms with Crippen LogP contribution in [0.1, 0.15) is 32.6 Å². The van der Waals surface area contributed by atoms with Gasteiger partial charge in [0.1, 0.15) is 0 Å². The summed E-state index contributed by atoms with van der Waals surface area (Å²) in [6.45, 7) is 1.76. The van der Waals surface area contributed by atoms with Crippen LogP contribution < -0.4 is 10.6 Å². The van der Waals surface area contributed by atoms with Crippen LogP contribution in [0.2, 0.25) is 0 Å². The summed E-state index contributed by atoms with van der Waals surface area (Å²) in [6, 6.07) is 7.49. The standard InChI is InChI=1S/C16H20N4O2S/c1-10(14(21)20-15(22)17-11-6-2-3-7-11)23-16-18-12-8-4-5-9-13(12)19-16/h4-5,8-11H,2-3,6-7H2,1H3,(H,18,19)(H2,17,20,21,22). The molecule has 0 saturated heterocycles. The van der Waals surface area contributed by atoms with Crippen LogP contribution in [0.5, 0.6) is 0 Å². The van der Waals surface area contributed by atoms with Gasteiger partial charge in [-0.2, -0.15) is 0 Å². The van der Waals surface area contributed by atoms with Gasteiger partial charge >= 0.3 is 6.03 Å². The van der Waals surface area contributed by atoms with Gasteiger partial charge in [-0.05, 0) is 31.9 Å². The predicted octanol–water partition coefficient (Wildman–Crippen LogP) is 2.81. The molecule has 3 rings (SSSR count). The van der Waals surface area contributed by atoms with Crippen molar-refractivity contribution in [1.82, 2.24) is 20.6 Å². The number of amides is 3. The fraction of sp³-hybridized carbons (Fsp3) is 0.438. The zero-order valence-electron chi connectivity index (χ0n) is 13.0. The number of carbonyl (C=O) groups excluding carboxylic acids is 2. The molecular formula is C16H20N4O2S. The molecule has 1 unspecified atom stereocenters. The number of benzene rings is 1. The second-order valence-corrected chi connectivity index (χ2v) is 7.09. The average molecular weight is 332 g/mol. The number of carbonyl (C=O) groups is 2. The fourth-order valence-electron chi connectivity index (χ4n) is 2.71. The molecule has 1 aliphatic rings. The van der Waals surface area contributed by atoms with E-state index in [1.54, 1.807) is 6.92 Å². The number of urea groups is 1. The lowest BCUT2D eigenvalue weighted by molar-refractivity contribution is -0.119. The van der Waals surface area contributed by atoms with Crippen LogP contribution in [0.3, 0.4) is 0 Å². The molecule has 1 aromatic carbocycles. The first-order chi connectivity index (χ1) is 11.1. The maximum atomic E-state index is 12.1. The van der Waals surface area contributed by atoms with Gasteiger partial charge in [0.15, 0.2) is 5.16 Å². The zero-order chi connectivity index (χ0) is 16.2. The van der Waals surface area contributed by atoms with E-state index in [2.05, 4.69) is 20.6 Å². The Labute approximate surface area is 138 Å². The Bertz CT molecular complexity index is 676. The molecule has 1 atom stereocenters. The van der Waals surface area contributed by atoms with Crippen molar-refractivity contribution < 1.29 is 9.59 Å². The molecule has 1 saturated carbocycles. The third-order valence-corrected chi connectivity index (χ3v) is 4.94. The summed E-state index contributed by atoms with van der Waals surface area (Å²) in [5.74, 6) is -0.314. The van der Waals surface area contributed by atoms with Crippen molar-refractivity contribution in [3.63, 3.8) is 0 Å². The minimum atomic E-state index is -0.412. The van der Waals surface area contributed by atoms with Crippen LogP contribution in [0.4, 0.5) is 4.79 Å². The lowest BCUT2D eigenvalue weighted by atomic mass is 10.2. The number of imidazole rings is 1. The van der Waals surface area contributed by atoms with Crippen LogP contribution in [-0.2, 0) is 4.79 Å². The van der Waals surface area contributed by atoms with Crippen molar-refractivity contribution in [1.29, 1.82) is 0 Å². The van der Waals surface area contributed by atoms with Gasteiger partial charge in [-0.25, -0.2) is 9.78 Å². The molecule has 23 heavy (non-hydrogen) atoms. The van der Waals surface area contributed by atoms with Crippen LogP contribution in [0, 0.1) is 0 Å². The molecule has 0 radical (unpaired) electrons. The number of hydrogen-bond donors (Lipinski definition) is 3. The van der Waals surface area contributed by atoms with E-state index in [0.717, 1.165) is 36.7 Å². The number of thioether (sulfide) groups is 1. The van der Waals surface area contributed by atoms with Crippen LogP contribution in [-0.4, -0.2) is 33.2 Å². The molecule has 1 fully saturated rings. The molecule has 2 aromatic rings. The molecule has 122 valence electrons. The van der Waals surface area contributed by atoms with Crippen LogP contribution in [0.15, 0.2) is 29.4 Å². The molecular weight excluding hydrogens is 312 g/mol. The first-order valence-electron chi connectivity index (χ1n) is 7.84. The quantitative estimate of drug-likeness (QED) is 0.751. The van der Waals surface area contributed by atoms with Gasteiger partial charge < -0.3 is 10.3 Å². The molecule has 3 amide bonds. The van der Waals surface area contributed by atoms with Crippen molar-refractivity contribution in [2.75, 3.05) is 0 Å². The molecule has 0 spiro atoms. The van der Waals surface area contributed by atoms with E-state index >= 15 is 0 Å². The Morgan fingerprint density at radius 2 is 2.04 bits per heavy atom. The molecule has 7 heteroatoms. The van der Waals surface area contributed by atoms with Crippen molar-refractivity contribution >= 4 is 34.7 Å². The minimum absolute atomic E-state index is 0.195. The van der Waals surface area contributed by atoms with E-state index < -0.39 is 11.3 Å². The number of rotatable bonds is 4. The number of nitrogens with one attached hydrogen (secondary N) is 3. The highest BCUT2D eigenvalue weighted by Crippen LogP contribution is 2.23. The monoisotopic (exact) mass is 332 g/mol. The number of nitrogens with zero attached hydrogens (tertiary/aromatic N) is 1. The van der Waals surface area contributed by atoms with E-state index in [1.807, 2.05) is 24.3 Å². The van der Waals surface area contributed by atoms with E-state index in [9.17, 15) is 9.59 Å². The highest BCUT2D eigenvalue weighted by molar-refractivity contribution is 8.00. The van der Waals surface area contributed by atoms with Gasteiger partial charge in [0.05, 0.1) is 16.3 Å². The van der Waals surface area contributed by atoms with Crippen molar-refractivity contribution in [2.24, 2.45) is 0 Å². The highest BCUT2D eigenvalue weighted by atomic mass is 32.2. The van der Waals surface area contributed by atoms with E-state index in [1.165, 1.54) is 11.8 Å². The van der Waals surface area contributed by atoms with Gasteiger partial charge in [0.2, 0.25) is 5.91 Å². The molecule has 1 aromatic heterocycles. The fourth-order valence-corrected chi connectivity index (χ4v) is 3.53. The van der Waals surface area contributed by atoms with Crippen LogP contribution in [0.25, 0.3) is 11.0 Å². The Balaban J connectivity index is 1.53. The largest absolute Gasteiger partial charge is 0.335 e. The minimum Gasteiger partial charge on any atom is -0.335 e. The number of aromatic amines is 1. The van der Waals surface area contributed by atoms with Crippen molar-refractivity contribution in [3.8, 4) is 0 Å². The molecule has 3 N–H and O–H groups in total. The summed E-state index contributed by atoms with van der Waals surface area (Å²) >= 11 is 1.30. The summed E-state index contributed by atoms with van der Waals surface area (Å²) in [5.41, 5.74) is 1.79. The summed E-state index contributed by atoms with van der Waals surface area (Å²) in [5, 5.41) is 5.51. The Kier molecular flexibility index (Phi) is 4.85. The summed E-state index contributed by atoms with van der Waals surface area (Å²) < 4.78 is 0. The van der Waals surface area contributed by atoms with Gasteiger partial charge in [0, 0.05) is 6.04 Å². The maximum absolute atomic E-state index is 12.1. The molecule has 6 nitrogen and oxygen atoms in total. The Hall–Kier alpha value is -2.02. The summed E-state index contributed by atoms with van der Waals surface area (Å²) in [7, 11) is 0. The average Bonchev–Trinajstić information content (AvgIpc) is 3.15. The van der Waals surface area contributed by atoms with E-state index in [-0.39, 0.29) is 11.9 Å². The first-order valence-corrected chi connectivity index (χ1v) is 8.72. The maximum Gasteiger partial charge on any atom is 0.321 e. The second kappa shape index (κ2) is 7.04. The topological polar surface area (TPSA) is 86.9 Å². The third-order valence-electron chi connectivity index (χ3n) is 3.95. The van der Waals surface area contributed by atoms with Gasteiger partial charge in [-0.3, -0.25) is 10.1 Å². The number of H-pyrrole nitrogens is 1. The number of aromatic nitrogens is 2. The third kappa shape index (κ3) is 4.04. The number of para-hydroxylation sites is 2. The number of fused-ring (bicyclic) bond motifs is 1. The lowest BCUT2D eigenvalue weighted by Crippen LogP contribution is -2.45. The molecule has 0 aliphatic heterocycles. The Morgan fingerprint density at radius 3 is 2.78 bits per heavy atom. The SMILES string of the molecule is CC(Sc1nc2ccccc2[nH]1)C(=O)NC(=O)NC1CCCC1. The summed E-state index contributed by atoms with van der Waals surface area (Å²) in [6.07, 6.45) is 4.25. The molecule has 1 heterocycles. The van der Waals surface area contributed by atoms with Crippen LogP contribution >= 0.6 is 11.8 Å². The highest BCUT2D eigenvalue weighted by Gasteiger charge is 2.21. The lowest BCUT2D eigenvalue weighted by Gasteiger charge is -2.14. The summed E-state index contributed by atoms with van der Waals surface area (Å²) in [4.78, 5) is 31.5. The van der Waals surface area contributed by atoms with Crippen molar-refractivity contribution in [2.45, 2.75) is 49.1 Å². The molecule has 0 bridgehead atoms. The number of imide groups is 1. The first kappa shape index (κ1) is 15.9. The number of hydrogen-bond acceptors (Lipinski definition) is 4. The van der Waals surface area contributed by atoms with E-state index in [0.29, 0.717) is 5.16 Å². The van der Waals surface area contributed by atoms with E-state index in [4.69, 9.17) is 0 Å². The van der Waals surface area contributed by atoms with Gasteiger partial charge in [-0.1, -0.05) is 36.7 Å². The zero-order valence-corrected chi connectivity index (χ0v) is 13.8. The normalized spacial score (nSPS) is 16.4. The van der Waals surface area contributed by atoms with Gasteiger partial charge in [0.25, 0.3) is 0 Å². The van der Waals surface area contributed by atoms with Crippen molar-refractivity contribution in [3.05, 3.63) is 24.3 Å². The Morgan fingerprint density at radius 1 is 1.30 bits per heavy atom. The van der Waals surface area contributed by atoms with Gasteiger partial charge in [-0.15, -0.1) is 0 Å². The molecule has 1 aliphatic carbocycles. The second-order valence-electron chi connectivity index (χ2n) is 5.76. The smallest absolute Gasteiger partial charge is 0.321 e.